The number of aromatic nitrogens is 3. The van der Waals surface area contributed by atoms with Crippen molar-refractivity contribution in [3.05, 3.63) is 70.2 Å². The summed E-state index contributed by atoms with van der Waals surface area (Å²) in [5, 5.41) is 4.04. The molecule has 3 heterocycles. The van der Waals surface area contributed by atoms with E-state index in [0.717, 1.165) is 66.6 Å². The number of fused-ring (bicyclic) bond motifs is 2. The zero-order valence-electron chi connectivity index (χ0n) is 16.9. The minimum Gasteiger partial charge on any atom is -0.383 e. The van der Waals surface area contributed by atoms with Crippen LogP contribution in [0.3, 0.4) is 0 Å². The van der Waals surface area contributed by atoms with Gasteiger partial charge < -0.3 is 5.73 Å². The summed E-state index contributed by atoms with van der Waals surface area (Å²) in [4.78, 5) is 17.9. The SMILES string of the molecule is Nc1ncnc2cc(CN3CCN(Cc4cc5ccc(Cl)cc5c(Cl)n4)CC3)ccc12. The molecule has 1 aliphatic heterocycles. The molecule has 1 saturated heterocycles. The Morgan fingerprint density at radius 1 is 0.839 bits per heavy atom. The van der Waals surface area contributed by atoms with Gasteiger partial charge in [0.2, 0.25) is 0 Å². The van der Waals surface area contributed by atoms with Crippen molar-refractivity contribution in [2.45, 2.75) is 13.1 Å². The number of anilines is 1. The van der Waals surface area contributed by atoms with Crippen molar-refractivity contribution in [1.82, 2.24) is 24.8 Å². The van der Waals surface area contributed by atoms with Crippen molar-refractivity contribution < 1.29 is 0 Å². The molecule has 0 amide bonds. The van der Waals surface area contributed by atoms with E-state index in [0.29, 0.717) is 16.0 Å². The van der Waals surface area contributed by atoms with Gasteiger partial charge in [-0.05, 0) is 41.3 Å². The third-order valence-corrected chi connectivity index (χ3v) is 6.31. The Morgan fingerprint density at radius 2 is 1.61 bits per heavy atom. The minimum atomic E-state index is 0.509. The van der Waals surface area contributed by atoms with E-state index in [1.165, 1.54) is 11.9 Å². The van der Waals surface area contributed by atoms with Gasteiger partial charge in [0.05, 0.1) is 11.2 Å². The van der Waals surface area contributed by atoms with Gasteiger partial charge >= 0.3 is 0 Å². The first-order valence-corrected chi connectivity index (χ1v) is 11.0. The molecule has 31 heavy (non-hydrogen) atoms. The largest absolute Gasteiger partial charge is 0.383 e. The van der Waals surface area contributed by atoms with Crippen molar-refractivity contribution in [1.29, 1.82) is 0 Å². The van der Waals surface area contributed by atoms with Gasteiger partial charge in [-0.1, -0.05) is 35.3 Å². The predicted molar refractivity (Wildman–Crippen MR) is 126 cm³/mol. The van der Waals surface area contributed by atoms with Gasteiger partial charge in [-0.2, -0.15) is 0 Å². The molecule has 0 bridgehead atoms. The number of piperazine rings is 1. The third-order valence-electron chi connectivity index (χ3n) is 5.79. The van der Waals surface area contributed by atoms with Gasteiger partial charge in [-0.3, -0.25) is 9.80 Å². The average Bonchev–Trinajstić information content (AvgIpc) is 2.76. The summed E-state index contributed by atoms with van der Waals surface area (Å²) in [5.41, 5.74) is 9.05. The average molecular weight is 453 g/mol. The van der Waals surface area contributed by atoms with Gasteiger partial charge in [-0.15, -0.1) is 0 Å². The summed E-state index contributed by atoms with van der Waals surface area (Å²) < 4.78 is 0. The summed E-state index contributed by atoms with van der Waals surface area (Å²) in [5.74, 6) is 0.524. The first kappa shape index (κ1) is 20.4. The maximum atomic E-state index is 6.40. The van der Waals surface area contributed by atoms with E-state index in [2.05, 4.69) is 43.0 Å². The maximum Gasteiger partial charge on any atom is 0.137 e. The minimum absolute atomic E-state index is 0.509. The van der Waals surface area contributed by atoms with Crippen LogP contribution < -0.4 is 5.73 Å². The topological polar surface area (TPSA) is 71.2 Å². The summed E-state index contributed by atoms with van der Waals surface area (Å²) in [6.07, 6.45) is 1.52. The fourth-order valence-corrected chi connectivity index (χ4v) is 4.57. The van der Waals surface area contributed by atoms with Crippen molar-refractivity contribution in [2.24, 2.45) is 0 Å². The number of benzene rings is 2. The fourth-order valence-electron chi connectivity index (χ4n) is 4.13. The van der Waals surface area contributed by atoms with Crippen LogP contribution in [0.5, 0.6) is 0 Å². The molecule has 2 aromatic carbocycles. The summed E-state index contributed by atoms with van der Waals surface area (Å²) in [6.45, 7) is 5.66. The highest BCUT2D eigenvalue weighted by molar-refractivity contribution is 6.36. The predicted octanol–water partition coefficient (Wildman–Crippen LogP) is 4.38. The van der Waals surface area contributed by atoms with Crippen LogP contribution in [0.1, 0.15) is 11.3 Å². The van der Waals surface area contributed by atoms with E-state index in [9.17, 15) is 0 Å². The standard InChI is InChI=1S/C23H22Cl2N6/c24-17-3-2-16-10-18(29-22(25)20(16)11-17)13-31-7-5-30(6-8-31)12-15-1-4-19-21(9-15)27-14-28-23(19)26/h1-4,9-11,14H,5-8,12-13H2,(H2,26,27,28). The summed E-state index contributed by atoms with van der Waals surface area (Å²) in [6, 6.07) is 14.1. The van der Waals surface area contributed by atoms with Gasteiger partial charge in [0.15, 0.2) is 0 Å². The number of hydrogen-bond donors (Lipinski definition) is 1. The second kappa shape index (κ2) is 8.55. The molecule has 0 unspecified atom stereocenters. The Bertz CT molecular complexity index is 1250. The van der Waals surface area contributed by atoms with Crippen LogP contribution in [0.2, 0.25) is 10.2 Å². The third kappa shape index (κ3) is 4.43. The number of halogens is 2. The van der Waals surface area contributed by atoms with Crippen molar-refractivity contribution >= 4 is 50.7 Å². The zero-order chi connectivity index (χ0) is 21.4. The van der Waals surface area contributed by atoms with E-state index in [1.807, 2.05) is 24.3 Å². The number of nitrogens with zero attached hydrogens (tertiary/aromatic N) is 5. The van der Waals surface area contributed by atoms with Crippen molar-refractivity contribution in [3.63, 3.8) is 0 Å². The first-order chi connectivity index (χ1) is 15.0. The normalized spacial score (nSPS) is 15.7. The van der Waals surface area contributed by atoms with Crippen molar-refractivity contribution in [3.8, 4) is 0 Å². The number of pyridine rings is 1. The second-order valence-corrected chi connectivity index (χ2v) is 8.73. The molecule has 0 spiro atoms. The Balaban J connectivity index is 1.22. The Morgan fingerprint density at radius 3 is 2.42 bits per heavy atom. The van der Waals surface area contributed by atoms with Crippen LogP contribution >= 0.6 is 23.2 Å². The number of nitrogens with two attached hydrogens (primary N) is 1. The number of rotatable bonds is 4. The van der Waals surface area contributed by atoms with E-state index < -0.39 is 0 Å². The molecule has 1 fully saturated rings. The summed E-state index contributed by atoms with van der Waals surface area (Å²) >= 11 is 12.5. The van der Waals surface area contributed by atoms with Crippen molar-refractivity contribution in [2.75, 3.05) is 31.9 Å². The lowest BCUT2D eigenvalue weighted by Crippen LogP contribution is -2.45. The lowest BCUT2D eigenvalue weighted by Gasteiger charge is -2.34. The van der Waals surface area contributed by atoms with Gasteiger partial charge in [0, 0.05) is 55.1 Å². The van der Waals surface area contributed by atoms with Crippen LogP contribution in [0.15, 0.2) is 48.8 Å². The molecule has 0 saturated carbocycles. The second-order valence-electron chi connectivity index (χ2n) is 7.93. The van der Waals surface area contributed by atoms with Gasteiger partial charge in [-0.25, -0.2) is 15.0 Å². The molecule has 2 N–H and O–H groups in total. The fraction of sp³-hybridized carbons (Fsp3) is 0.261. The molecular weight excluding hydrogens is 431 g/mol. The van der Waals surface area contributed by atoms with E-state index in [1.54, 1.807) is 0 Å². The molecule has 8 heteroatoms. The molecule has 158 valence electrons. The van der Waals surface area contributed by atoms with E-state index in [4.69, 9.17) is 28.9 Å². The number of hydrogen-bond acceptors (Lipinski definition) is 6. The molecule has 2 aromatic heterocycles. The molecule has 4 aromatic rings. The Hall–Kier alpha value is -2.51. The van der Waals surface area contributed by atoms with Gasteiger partial charge in [0.25, 0.3) is 0 Å². The molecular formula is C23H22Cl2N6. The lowest BCUT2D eigenvalue weighted by molar-refractivity contribution is 0.121. The molecule has 6 nitrogen and oxygen atoms in total. The van der Waals surface area contributed by atoms with E-state index >= 15 is 0 Å². The lowest BCUT2D eigenvalue weighted by atomic mass is 10.1. The Kier molecular flexibility index (Phi) is 5.63. The first-order valence-electron chi connectivity index (χ1n) is 10.2. The van der Waals surface area contributed by atoms with Crippen LogP contribution in [0.25, 0.3) is 21.7 Å². The maximum absolute atomic E-state index is 6.40. The molecule has 1 aliphatic rings. The Labute approximate surface area is 190 Å². The molecule has 5 rings (SSSR count). The van der Waals surface area contributed by atoms with E-state index in [-0.39, 0.29) is 0 Å². The smallest absolute Gasteiger partial charge is 0.137 e. The molecule has 0 radical (unpaired) electrons. The monoisotopic (exact) mass is 452 g/mol. The highest BCUT2D eigenvalue weighted by Gasteiger charge is 2.18. The van der Waals surface area contributed by atoms with Crippen LogP contribution in [-0.2, 0) is 13.1 Å². The van der Waals surface area contributed by atoms with Gasteiger partial charge in [0.1, 0.15) is 17.3 Å². The zero-order valence-corrected chi connectivity index (χ0v) is 18.4. The molecule has 0 aliphatic carbocycles. The molecule has 0 atom stereocenters. The highest BCUT2D eigenvalue weighted by atomic mass is 35.5. The summed E-state index contributed by atoms with van der Waals surface area (Å²) in [7, 11) is 0. The van der Waals surface area contributed by atoms with Crippen LogP contribution in [0, 0.1) is 0 Å². The van der Waals surface area contributed by atoms with Crippen LogP contribution in [-0.4, -0.2) is 50.9 Å². The quantitative estimate of drug-likeness (QED) is 0.463. The highest BCUT2D eigenvalue weighted by Crippen LogP contribution is 2.26. The van der Waals surface area contributed by atoms with Crippen LogP contribution in [0.4, 0.5) is 5.82 Å². The number of nitrogen functional groups attached to an aromatic ring is 1.